The molecule has 0 aromatic heterocycles. The second-order valence-electron chi connectivity index (χ2n) is 2.30. The Morgan fingerprint density at radius 1 is 1.43 bits per heavy atom. The van der Waals surface area contributed by atoms with Crippen LogP contribution in [0.2, 0.25) is 0 Å². The molecule has 0 fully saturated rings. The first-order valence-electron chi connectivity index (χ1n) is 3.75. The van der Waals surface area contributed by atoms with Gasteiger partial charge >= 0.3 is 0 Å². The van der Waals surface area contributed by atoms with Crippen molar-refractivity contribution in [2.75, 3.05) is 13.9 Å². The Hall–Kier alpha value is -1.26. The number of hydrogen-bond acceptors (Lipinski definition) is 4. The van der Waals surface area contributed by atoms with Crippen LogP contribution in [-0.2, 0) is 4.74 Å². The highest BCUT2D eigenvalue weighted by atomic mass is 35.5. The molecule has 1 rings (SSSR count). The number of nitrogens with one attached hydrogen (secondary N) is 1. The molecule has 1 aromatic carbocycles. The second kappa shape index (κ2) is 6.23. The van der Waals surface area contributed by atoms with Crippen molar-refractivity contribution in [3.05, 3.63) is 29.8 Å². The largest absolute Gasteiger partial charge is 0.496 e. The number of halogens is 1. The van der Waals surface area contributed by atoms with Gasteiger partial charge in [-0.25, -0.2) is 0 Å². The summed E-state index contributed by atoms with van der Waals surface area (Å²) in [5, 5.41) is 15.9. The molecule has 0 radical (unpaired) electrons. The van der Waals surface area contributed by atoms with Gasteiger partial charge in [0.05, 0.1) is 12.7 Å². The van der Waals surface area contributed by atoms with E-state index in [0.29, 0.717) is 11.3 Å². The lowest BCUT2D eigenvalue weighted by Crippen LogP contribution is -2.07. The molecule has 78 valence electrons. The standard InChI is InChI=1S/C9H11NO3.ClH/c1-12-8-5-3-2-4-7(8)9(10)13-6-11;/h2-5,10-11H,6H2,1H3;1H. The minimum Gasteiger partial charge on any atom is -0.496 e. The van der Waals surface area contributed by atoms with Gasteiger partial charge in [0, 0.05) is 0 Å². The van der Waals surface area contributed by atoms with E-state index in [1.54, 1.807) is 24.3 Å². The molecule has 0 aliphatic heterocycles. The van der Waals surface area contributed by atoms with Crippen LogP contribution in [0.25, 0.3) is 0 Å². The number of benzene rings is 1. The van der Waals surface area contributed by atoms with Gasteiger partial charge in [-0.15, -0.1) is 12.4 Å². The molecular formula is C9H12ClNO3. The third-order valence-corrected chi connectivity index (χ3v) is 1.56. The zero-order chi connectivity index (χ0) is 9.68. The Bertz CT molecular complexity index is 304. The first-order valence-corrected chi connectivity index (χ1v) is 3.75. The second-order valence-corrected chi connectivity index (χ2v) is 2.30. The molecule has 0 bridgehead atoms. The number of ether oxygens (including phenoxy) is 2. The van der Waals surface area contributed by atoms with Gasteiger partial charge in [0.1, 0.15) is 5.75 Å². The molecule has 0 unspecified atom stereocenters. The molecule has 2 N–H and O–H groups in total. The monoisotopic (exact) mass is 217 g/mol. The number of para-hydroxylation sites is 1. The zero-order valence-electron chi connectivity index (χ0n) is 7.69. The van der Waals surface area contributed by atoms with E-state index < -0.39 is 6.79 Å². The number of aliphatic hydroxyl groups excluding tert-OH is 1. The SMILES string of the molecule is COc1ccccc1C(=N)OCO.Cl. The van der Waals surface area contributed by atoms with Crippen molar-refractivity contribution in [1.29, 1.82) is 5.41 Å². The van der Waals surface area contributed by atoms with Crippen LogP contribution in [0.15, 0.2) is 24.3 Å². The van der Waals surface area contributed by atoms with Crippen molar-refractivity contribution in [2.24, 2.45) is 0 Å². The van der Waals surface area contributed by atoms with Gasteiger partial charge in [-0.1, -0.05) is 12.1 Å². The molecule has 0 aliphatic rings. The predicted molar refractivity (Wildman–Crippen MR) is 55.2 cm³/mol. The van der Waals surface area contributed by atoms with Gasteiger partial charge < -0.3 is 14.6 Å². The molecule has 0 saturated carbocycles. The predicted octanol–water partition coefficient (Wildman–Crippen LogP) is 1.41. The van der Waals surface area contributed by atoms with Crippen molar-refractivity contribution in [3.63, 3.8) is 0 Å². The number of methoxy groups -OCH3 is 1. The summed E-state index contributed by atoms with van der Waals surface area (Å²) < 4.78 is 9.64. The summed E-state index contributed by atoms with van der Waals surface area (Å²) in [5.74, 6) is 0.459. The van der Waals surface area contributed by atoms with Gasteiger partial charge in [-0.05, 0) is 12.1 Å². The average molecular weight is 218 g/mol. The fraction of sp³-hybridized carbons (Fsp3) is 0.222. The van der Waals surface area contributed by atoms with E-state index in [-0.39, 0.29) is 18.3 Å². The molecule has 0 heterocycles. The van der Waals surface area contributed by atoms with E-state index in [1.807, 2.05) is 0 Å². The van der Waals surface area contributed by atoms with Crippen LogP contribution in [0.5, 0.6) is 5.75 Å². The van der Waals surface area contributed by atoms with E-state index in [0.717, 1.165) is 0 Å². The summed E-state index contributed by atoms with van der Waals surface area (Å²) >= 11 is 0. The number of rotatable bonds is 3. The lowest BCUT2D eigenvalue weighted by Gasteiger charge is -2.08. The first-order chi connectivity index (χ1) is 6.29. The molecule has 0 saturated heterocycles. The van der Waals surface area contributed by atoms with Crippen LogP contribution in [0.1, 0.15) is 5.56 Å². The molecule has 0 amide bonds. The highest BCUT2D eigenvalue weighted by molar-refractivity contribution is 5.94. The minimum absolute atomic E-state index is 0. The van der Waals surface area contributed by atoms with Gasteiger partial charge in [0.15, 0.2) is 6.79 Å². The summed E-state index contributed by atoms with van der Waals surface area (Å²) in [6, 6.07) is 6.99. The van der Waals surface area contributed by atoms with E-state index in [9.17, 15) is 0 Å². The highest BCUT2D eigenvalue weighted by Gasteiger charge is 2.07. The Labute approximate surface area is 88.4 Å². The third kappa shape index (κ3) is 2.90. The molecule has 0 spiro atoms. The Morgan fingerprint density at radius 3 is 2.64 bits per heavy atom. The van der Waals surface area contributed by atoms with Crippen molar-refractivity contribution >= 4 is 18.3 Å². The van der Waals surface area contributed by atoms with Crippen LogP contribution in [0.3, 0.4) is 0 Å². The molecule has 4 nitrogen and oxygen atoms in total. The van der Waals surface area contributed by atoms with E-state index in [2.05, 4.69) is 4.74 Å². The summed E-state index contributed by atoms with van der Waals surface area (Å²) in [5.41, 5.74) is 0.527. The van der Waals surface area contributed by atoms with Crippen LogP contribution >= 0.6 is 12.4 Å². The molecule has 5 heteroatoms. The van der Waals surface area contributed by atoms with Crippen LogP contribution in [0.4, 0.5) is 0 Å². The summed E-state index contributed by atoms with van der Waals surface area (Å²) in [7, 11) is 1.52. The van der Waals surface area contributed by atoms with Crippen molar-refractivity contribution in [2.45, 2.75) is 0 Å². The average Bonchev–Trinajstić information content (AvgIpc) is 2.18. The Kier molecular flexibility index (Phi) is 5.67. The summed E-state index contributed by atoms with van der Waals surface area (Å²) in [4.78, 5) is 0. The normalized spacial score (nSPS) is 8.71. The zero-order valence-corrected chi connectivity index (χ0v) is 8.50. The summed E-state index contributed by atoms with van der Waals surface area (Å²) in [6.45, 7) is -0.503. The maximum Gasteiger partial charge on any atom is 0.219 e. The lowest BCUT2D eigenvalue weighted by atomic mass is 10.2. The fourth-order valence-corrected chi connectivity index (χ4v) is 0.975. The molecule has 0 aliphatic carbocycles. The minimum atomic E-state index is -0.503. The van der Waals surface area contributed by atoms with Gasteiger partial charge in [0.25, 0.3) is 0 Å². The van der Waals surface area contributed by atoms with E-state index >= 15 is 0 Å². The maximum absolute atomic E-state index is 8.46. The van der Waals surface area contributed by atoms with E-state index in [4.69, 9.17) is 15.3 Å². The fourth-order valence-electron chi connectivity index (χ4n) is 0.975. The first kappa shape index (κ1) is 12.7. The Balaban J connectivity index is 0.00000169. The number of hydrogen-bond donors (Lipinski definition) is 2. The molecule has 1 aromatic rings. The Morgan fingerprint density at radius 2 is 2.07 bits per heavy atom. The molecule has 14 heavy (non-hydrogen) atoms. The lowest BCUT2D eigenvalue weighted by molar-refractivity contribution is 0.0879. The topological polar surface area (TPSA) is 62.5 Å². The smallest absolute Gasteiger partial charge is 0.219 e. The molecule has 0 atom stereocenters. The van der Waals surface area contributed by atoms with Crippen molar-refractivity contribution < 1.29 is 14.6 Å². The van der Waals surface area contributed by atoms with Crippen LogP contribution in [-0.4, -0.2) is 24.9 Å². The third-order valence-electron chi connectivity index (χ3n) is 1.56. The van der Waals surface area contributed by atoms with Crippen molar-refractivity contribution in [1.82, 2.24) is 0 Å². The quantitative estimate of drug-likeness (QED) is 0.457. The van der Waals surface area contributed by atoms with Crippen LogP contribution in [0, 0.1) is 5.41 Å². The molecular weight excluding hydrogens is 206 g/mol. The van der Waals surface area contributed by atoms with Crippen molar-refractivity contribution in [3.8, 4) is 5.75 Å². The highest BCUT2D eigenvalue weighted by Crippen LogP contribution is 2.17. The van der Waals surface area contributed by atoms with E-state index in [1.165, 1.54) is 7.11 Å². The maximum atomic E-state index is 8.46. The van der Waals surface area contributed by atoms with Crippen LogP contribution < -0.4 is 4.74 Å². The van der Waals surface area contributed by atoms with Gasteiger partial charge in [-0.3, -0.25) is 5.41 Å². The van der Waals surface area contributed by atoms with Gasteiger partial charge in [-0.2, -0.15) is 0 Å². The number of aliphatic hydroxyl groups is 1. The van der Waals surface area contributed by atoms with Gasteiger partial charge in [0.2, 0.25) is 5.90 Å². The summed E-state index contributed by atoms with van der Waals surface area (Å²) in [6.07, 6.45) is 0.